The summed E-state index contributed by atoms with van der Waals surface area (Å²) < 4.78 is 5.33. The molecule has 0 saturated heterocycles. The van der Waals surface area contributed by atoms with Gasteiger partial charge in [-0.2, -0.15) is 5.06 Å². The number of ether oxygens (including phenoxy) is 1. The Labute approximate surface area is 105 Å². The molecule has 0 saturated carbocycles. The Balaban J connectivity index is 2.32. The first-order chi connectivity index (χ1) is 8.13. The summed E-state index contributed by atoms with van der Waals surface area (Å²) in [5.74, 6) is 0. The SMILES string of the molecule is CN(O)CCOCCc1ccc(NO)cc1Cl. The second-order valence-corrected chi connectivity index (χ2v) is 4.07. The normalized spacial score (nSPS) is 10.9. The number of hydrogen-bond donors (Lipinski definition) is 3. The molecule has 96 valence electrons. The molecule has 0 aliphatic rings. The van der Waals surface area contributed by atoms with E-state index >= 15 is 0 Å². The van der Waals surface area contributed by atoms with E-state index in [1.54, 1.807) is 19.2 Å². The van der Waals surface area contributed by atoms with E-state index in [2.05, 4.69) is 0 Å². The highest BCUT2D eigenvalue weighted by molar-refractivity contribution is 6.31. The molecule has 0 amide bonds. The molecule has 0 spiro atoms. The van der Waals surface area contributed by atoms with E-state index in [0.717, 1.165) is 10.6 Å². The number of anilines is 1. The van der Waals surface area contributed by atoms with Gasteiger partial charge in [0.15, 0.2) is 0 Å². The molecule has 0 radical (unpaired) electrons. The number of benzene rings is 1. The van der Waals surface area contributed by atoms with Crippen LogP contribution in [0.4, 0.5) is 5.69 Å². The summed E-state index contributed by atoms with van der Waals surface area (Å²) in [7, 11) is 1.57. The molecule has 0 unspecified atom stereocenters. The molecular weight excluding hydrogens is 244 g/mol. The van der Waals surface area contributed by atoms with E-state index in [1.807, 2.05) is 11.5 Å². The Hall–Kier alpha value is -0.850. The molecule has 0 bridgehead atoms. The lowest BCUT2D eigenvalue weighted by molar-refractivity contribution is -0.0801. The molecule has 0 fully saturated rings. The number of halogens is 1. The predicted octanol–water partition coefficient (Wildman–Crippen LogP) is 2.02. The first kappa shape index (κ1) is 14.2. The lowest BCUT2D eigenvalue weighted by Crippen LogP contribution is -2.19. The molecule has 5 nitrogen and oxygen atoms in total. The van der Waals surface area contributed by atoms with Gasteiger partial charge in [0.2, 0.25) is 0 Å². The Morgan fingerprint density at radius 1 is 1.41 bits per heavy atom. The summed E-state index contributed by atoms with van der Waals surface area (Å²) >= 11 is 6.02. The van der Waals surface area contributed by atoms with Gasteiger partial charge in [-0.05, 0) is 24.1 Å². The fraction of sp³-hybridized carbons (Fsp3) is 0.455. The Kier molecular flexibility index (Phi) is 6.25. The van der Waals surface area contributed by atoms with Gasteiger partial charge in [0.05, 0.1) is 18.9 Å². The van der Waals surface area contributed by atoms with Gasteiger partial charge in [-0.25, -0.2) is 0 Å². The molecular formula is C11H17ClN2O3. The summed E-state index contributed by atoms with van der Waals surface area (Å²) in [4.78, 5) is 0. The molecule has 17 heavy (non-hydrogen) atoms. The van der Waals surface area contributed by atoms with Crippen LogP contribution in [0.3, 0.4) is 0 Å². The largest absolute Gasteiger partial charge is 0.380 e. The molecule has 0 heterocycles. The maximum absolute atomic E-state index is 8.87. The highest BCUT2D eigenvalue weighted by Crippen LogP contribution is 2.21. The van der Waals surface area contributed by atoms with Gasteiger partial charge >= 0.3 is 0 Å². The van der Waals surface area contributed by atoms with Crippen LogP contribution in [0.25, 0.3) is 0 Å². The fourth-order valence-electron chi connectivity index (χ4n) is 1.30. The van der Waals surface area contributed by atoms with Crippen molar-refractivity contribution in [2.24, 2.45) is 0 Å². The molecule has 1 rings (SSSR count). The van der Waals surface area contributed by atoms with Crippen molar-refractivity contribution in [2.45, 2.75) is 6.42 Å². The highest BCUT2D eigenvalue weighted by atomic mass is 35.5. The van der Waals surface area contributed by atoms with Crippen LogP contribution >= 0.6 is 11.6 Å². The zero-order valence-electron chi connectivity index (χ0n) is 9.69. The van der Waals surface area contributed by atoms with Crippen molar-refractivity contribution in [3.8, 4) is 0 Å². The quantitative estimate of drug-likeness (QED) is 0.517. The van der Waals surface area contributed by atoms with Gasteiger partial charge < -0.3 is 9.94 Å². The molecule has 0 aliphatic carbocycles. The first-order valence-electron chi connectivity index (χ1n) is 5.29. The van der Waals surface area contributed by atoms with Crippen molar-refractivity contribution in [1.82, 2.24) is 5.06 Å². The van der Waals surface area contributed by atoms with Crippen LogP contribution in [-0.2, 0) is 11.2 Å². The molecule has 0 aliphatic heterocycles. The minimum atomic E-state index is 0.473. The maximum Gasteiger partial charge on any atom is 0.0617 e. The smallest absolute Gasteiger partial charge is 0.0617 e. The van der Waals surface area contributed by atoms with E-state index in [9.17, 15) is 0 Å². The van der Waals surface area contributed by atoms with E-state index in [-0.39, 0.29) is 0 Å². The number of hydrogen-bond acceptors (Lipinski definition) is 5. The molecule has 6 heteroatoms. The Morgan fingerprint density at radius 2 is 2.18 bits per heavy atom. The number of nitrogens with zero attached hydrogens (tertiary/aromatic N) is 1. The topological polar surface area (TPSA) is 65.0 Å². The van der Waals surface area contributed by atoms with E-state index in [0.29, 0.717) is 36.9 Å². The summed E-state index contributed by atoms with van der Waals surface area (Å²) in [5, 5.41) is 19.2. The minimum absolute atomic E-state index is 0.473. The van der Waals surface area contributed by atoms with E-state index in [1.165, 1.54) is 0 Å². The predicted molar refractivity (Wildman–Crippen MR) is 65.8 cm³/mol. The van der Waals surface area contributed by atoms with Crippen LogP contribution in [0.2, 0.25) is 5.02 Å². The highest BCUT2D eigenvalue weighted by Gasteiger charge is 2.02. The average molecular weight is 261 g/mol. The van der Waals surface area contributed by atoms with Gasteiger partial charge in [-0.15, -0.1) is 0 Å². The van der Waals surface area contributed by atoms with Crippen molar-refractivity contribution in [2.75, 3.05) is 32.3 Å². The van der Waals surface area contributed by atoms with Gasteiger partial charge in [0.25, 0.3) is 0 Å². The fourth-order valence-corrected chi connectivity index (χ4v) is 1.58. The van der Waals surface area contributed by atoms with Gasteiger partial charge in [0, 0.05) is 18.6 Å². The third kappa shape index (κ3) is 5.34. The van der Waals surface area contributed by atoms with Crippen LogP contribution in [0, 0.1) is 0 Å². The Bertz CT molecular complexity index is 347. The summed E-state index contributed by atoms with van der Waals surface area (Å²) in [6.45, 7) is 1.49. The van der Waals surface area contributed by atoms with Crippen molar-refractivity contribution in [1.29, 1.82) is 0 Å². The number of likely N-dealkylation sites (N-methyl/N-ethyl adjacent to an activating group) is 1. The van der Waals surface area contributed by atoms with Crippen LogP contribution in [-0.4, -0.2) is 42.3 Å². The van der Waals surface area contributed by atoms with Crippen molar-refractivity contribution < 1.29 is 15.2 Å². The van der Waals surface area contributed by atoms with Gasteiger partial charge in [-0.1, -0.05) is 17.7 Å². The van der Waals surface area contributed by atoms with Crippen LogP contribution in [0.5, 0.6) is 0 Å². The molecule has 0 atom stereocenters. The summed E-state index contributed by atoms with van der Waals surface area (Å²) in [6.07, 6.45) is 0.694. The molecule has 3 N–H and O–H groups in total. The lowest BCUT2D eigenvalue weighted by Gasteiger charge is -2.09. The first-order valence-corrected chi connectivity index (χ1v) is 5.67. The zero-order valence-corrected chi connectivity index (χ0v) is 10.4. The van der Waals surface area contributed by atoms with Crippen LogP contribution in [0.15, 0.2) is 18.2 Å². The van der Waals surface area contributed by atoms with Gasteiger partial charge in [-0.3, -0.25) is 10.7 Å². The molecule has 1 aromatic rings. The third-order valence-electron chi connectivity index (χ3n) is 2.26. The van der Waals surface area contributed by atoms with Gasteiger partial charge in [0.1, 0.15) is 0 Å². The number of nitrogens with one attached hydrogen (secondary N) is 1. The minimum Gasteiger partial charge on any atom is -0.380 e. The summed E-state index contributed by atoms with van der Waals surface area (Å²) in [6, 6.07) is 5.23. The number of hydroxylamine groups is 2. The Morgan fingerprint density at radius 3 is 2.76 bits per heavy atom. The average Bonchev–Trinajstić information content (AvgIpc) is 2.30. The monoisotopic (exact) mass is 260 g/mol. The van der Waals surface area contributed by atoms with E-state index < -0.39 is 0 Å². The van der Waals surface area contributed by atoms with Crippen LogP contribution in [0.1, 0.15) is 5.56 Å². The third-order valence-corrected chi connectivity index (χ3v) is 2.61. The maximum atomic E-state index is 8.87. The second kappa shape index (κ2) is 7.47. The second-order valence-electron chi connectivity index (χ2n) is 3.66. The van der Waals surface area contributed by atoms with Crippen molar-refractivity contribution >= 4 is 17.3 Å². The van der Waals surface area contributed by atoms with E-state index in [4.69, 9.17) is 26.8 Å². The number of rotatable bonds is 7. The molecule has 0 aromatic heterocycles. The van der Waals surface area contributed by atoms with Crippen molar-refractivity contribution in [3.05, 3.63) is 28.8 Å². The van der Waals surface area contributed by atoms with Crippen molar-refractivity contribution in [3.63, 3.8) is 0 Å². The molecule has 1 aromatic carbocycles. The zero-order chi connectivity index (χ0) is 12.7. The van der Waals surface area contributed by atoms with Crippen LogP contribution < -0.4 is 5.48 Å². The standard InChI is InChI=1S/C11H17ClN2O3/c1-14(16)5-7-17-6-4-9-2-3-10(13-15)8-11(9)12/h2-3,8,13,15-16H,4-7H2,1H3. The summed E-state index contributed by atoms with van der Waals surface area (Å²) in [5.41, 5.74) is 3.55. The lowest BCUT2D eigenvalue weighted by atomic mass is 10.1.